The number of aliphatic imine (C=N–C) groups is 1. The van der Waals surface area contributed by atoms with Gasteiger partial charge in [-0.2, -0.15) is 0 Å². The number of sulfone groups is 1. The minimum absolute atomic E-state index is 0.0384. The molecule has 3 aromatic rings. The Kier molecular flexibility index (Phi) is 5.48. The number of aryl methyl sites for hydroxylation is 1. The van der Waals surface area contributed by atoms with Crippen LogP contribution >= 0.6 is 0 Å². The Morgan fingerprint density at radius 1 is 1.17 bits per heavy atom. The molecule has 2 aromatic carbocycles. The van der Waals surface area contributed by atoms with Crippen LogP contribution in [0.25, 0.3) is 5.69 Å². The number of rotatable bonds is 5. The summed E-state index contributed by atoms with van der Waals surface area (Å²) < 4.78 is 24.9. The summed E-state index contributed by atoms with van der Waals surface area (Å²) in [5, 5.41) is 13.1. The molecule has 1 heterocycles. The van der Waals surface area contributed by atoms with Crippen LogP contribution in [0.15, 0.2) is 57.1 Å². The molecule has 0 unspecified atom stereocenters. The van der Waals surface area contributed by atoms with E-state index in [2.05, 4.69) is 23.9 Å². The standard InChI is InChI=1S/C21H23N3O4S/c1-13(2)16-7-5-6-8-19(16)24-21(26)17(14(3)23-24)12-22-18-11-15(29(4,27)28)9-10-20(18)25/h5-13,23,25H,1-4H3. The maximum atomic E-state index is 13.0. The zero-order valence-electron chi connectivity index (χ0n) is 16.7. The molecule has 0 aliphatic rings. The monoisotopic (exact) mass is 413 g/mol. The molecule has 0 amide bonds. The van der Waals surface area contributed by atoms with Gasteiger partial charge in [0.15, 0.2) is 9.84 Å². The number of aromatic amines is 1. The van der Waals surface area contributed by atoms with Gasteiger partial charge in [0.05, 0.1) is 16.1 Å². The fourth-order valence-corrected chi connectivity index (χ4v) is 3.67. The maximum absolute atomic E-state index is 13.0. The zero-order valence-corrected chi connectivity index (χ0v) is 17.5. The summed E-state index contributed by atoms with van der Waals surface area (Å²) in [6, 6.07) is 11.5. The van der Waals surface area contributed by atoms with E-state index in [1.54, 1.807) is 6.92 Å². The van der Waals surface area contributed by atoms with Crippen molar-refractivity contribution in [3.05, 3.63) is 69.6 Å². The van der Waals surface area contributed by atoms with Crippen molar-refractivity contribution in [2.45, 2.75) is 31.6 Å². The van der Waals surface area contributed by atoms with Crippen LogP contribution < -0.4 is 5.56 Å². The highest BCUT2D eigenvalue weighted by molar-refractivity contribution is 7.90. The number of aromatic hydroxyl groups is 1. The maximum Gasteiger partial charge on any atom is 0.280 e. The minimum atomic E-state index is -3.44. The second kappa shape index (κ2) is 7.71. The van der Waals surface area contributed by atoms with Crippen molar-refractivity contribution in [3.8, 4) is 11.4 Å². The number of benzene rings is 2. The van der Waals surface area contributed by atoms with Crippen LogP contribution in [0.3, 0.4) is 0 Å². The molecule has 3 rings (SSSR count). The van der Waals surface area contributed by atoms with Gasteiger partial charge in [0.1, 0.15) is 11.4 Å². The van der Waals surface area contributed by atoms with Gasteiger partial charge in [0.25, 0.3) is 5.56 Å². The van der Waals surface area contributed by atoms with Crippen molar-refractivity contribution >= 4 is 21.7 Å². The van der Waals surface area contributed by atoms with Crippen LogP contribution in [0.5, 0.6) is 5.75 Å². The fourth-order valence-electron chi connectivity index (χ4n) is 3.03. The third-order valence-corrected chi connectivity index (χ3v) is 5.73. The Morgan fingerprint density at radius 2 is 1.86 bits per heavy atom. The van der Waals surface area contributed by atoms with E-state index in [0.29, 0.717) is 11.3 Å². The summed E-state index contributed by atoms with van der Waals surface area (Å²) in [7, 11) is -3.44. The van der Waals surface area contributed by atoms with Gasteiger partial charge in [0, 0.05) is 18.2 Å². The minimum Gasteiger partial charge on any atom is -0.506 e. The number of H-pyrrole nitrogens is 1. The zero-order chi connectivity index (χ0) is 21.3. The molecule has 1 aromatic heterocycles. The number of aromatic nitrogens is 2. The van der Waals surface area contributed by atoms with Crippen LogP contribution in [0.1, 0.15) is 36.6 Å². The van der Waals surface area contributed by atoms with Gasteiger partial charge in [-0.15, -0.1) is 0 Å². The van der Waals surface area contributed by atoms with Gasteiger partial charge in [-0.05, 0) is 42.7 Å². The Labute approximate surface area is 169 Å². The lowest BCUT2D eigenvalue weighted by Crippen LogP contribution is -2.18. The normalized spacial score (nSPS) is 12.2. The van der Waals surface area contributed by atoms with E-state index in [4.69, 9.17) is 0 Å². The van der Waals surface area contributed by atoms with Crippen molar-refractivity contribution in [2.24, 2.45) is 4.99 Å². The van der Waals surface area contributed by atoms with Crippen molar-refractivity contribution in [2.75, 3.05) is 6.26 Å². The second-order valence-electron chi connectivity index (χ2n) is 7.19. The number of phenols is 1. The molecule has 7 nitrogen and oxygen atoms in total. The third-order valence-electron chi connectivity index (χ3n) is 4.62. The molecule has 152 valence electrons. The summed E-state index contributed by atoms with van der Waals surface area (Å²) in [6.07, 6.45) is 2.41. The van der Waals surface area contributed by atoms with Crippen molar-refractivity contribution in [1.82, 2.24) is 9.78 Å². The highest BCUT2D eigenvalue weighted by Crippen LogP contribution is 2.29. The van der Waals surface area contributed by atoms with E-state index >= 15 is 0 Å². The SMILES string of the molecule is Cc1[nH]n(-c2ccccc2C(C)C)c(=O)c1C=Nc1cc(S(C)(=O)=O)ccc1O. The Balaban J connectivity index is 2.07. The average Bonchev–Trinajstić information content (AvgIpc) is 2.94. The molecule has 0 aliphatic heterocycles. The number of nitrogens with one attached hydrogen (secondary N) is 1. The molecule has 0 saturated carbocycles. The van der Waals surface area contributed by atoms with E-state index in [1.807, 2.05) is 24.3 Å². The van der Waals surface area contributed by atoms with Crippen LogP contribution in [0.2, 0.25) is 0 Å². The summed E-state index contributed by atoms with van der Waals surface area (Å²) >= 11 is 0. The molecule has 0 spiro atoms. The van der Waals surface area contributed by atoms with Crippen LogP contribution in [-0.4, -0.2) is 35.8 Å². The summed E-state index contributed by atoms with van der Waals surface area (Å²) in [5.41, 5.74) is 2.51. The van der Waals surface area contributed by atoms with Gasteiger partial charge < -0.3 is 5.11 Å². The van der Waals surface area contributed by atoms with Gasteiger partial charge in [-0.25, -0.2) is 13.1 Å². The van der Waals surface area contributed by atoms with E-state index in [-0.39, 0.29) is 27.8 Å². The predicted molar refractivity (Wildman–Crippen MR) is 114 cm³/mol. The van der Waals surface area contributed by atoms with Crippen molar-refractivity contribution in [1.29, 1.82) is 0 Å². The first-order valence-electron chi connectivity index (χ1n) is 9.07. The average molecular weight is 413 g/mol. The van der Waals surface area contributed by atoms with Crippen LogP contribution in [0.4, 0.5) is 5.69 Å². The third kappa shape index (κ3) is 4.17. The fraction of sp³-hybridized carbons (Fsp3) is 0.238. The topological polar surface area (TPSA) is 105 Å². The molecule has 0 saturated heterocycles. The molecule has 0 bridgehead atoms. The van der Waals surface area contributed by atoms with Crippen molar-refractivity contribution < 1.29 is 13.5 Å². The van der Waals surface area contributed by atoms with E-state index in [9.17, 15) is 18.3 Å². The van der Waals surface area contributed by atoms with E-state index in [0.717, 1.165) is 17.5 Å². The van der Waals surface area contributed by atoms with Gasteiger partial charge in [-0.3, -0.25) is 14.9 Å². The van der Waals surface area contributed by atoms with E-state index in [1.165, 1.54) is 29.1 Å². The van der Waals surface area contributed by atoms with Crippen LogP contribution in [-0.2, 0) is 9.84 Å². The largest absolute Gasteiger partial charge is 0.506 e. The van der Waals surface area contributed by atoms with Gasteiger partial charge in [0.2, 0.25) is 0 Å². The molecular formula is C21H23N3O4S. The number of nitrogens with zero attached hydrogens (tertiary/aromatic N) is 2. The smallest absolute Gasteiger partial charge is 0.280 e. The molecule has 2 N–H and O–H groups in total. The van der Waals surface area contributed by atoms with Crippen LogP contribution in [0, 0.1) is 6.92 Å². The Hall–Kier alpha value is -3.13. The Bertz CT molecular complexity index is 1250. The molecule has 0 radical (unpaired) electrons. The van der Waals surface area contributed by atoms with Gasteiger partial charge >= 0.3 is 0 Å². The molecule has 8 heteroatoms. The number of hydrogen-bond acceptors (Lipinski definition) is 5. The highest BCUT2D eigenvalue weighted by atomic mass is 32.2. The van der Waals surface area contributed by atoms with Crippen molar-refractivity contribution in [3.63, 3.8) is 0 Å². The first kappa shape index (κ1) is 20.6. The number of phenolic OH excluding ortho intramolecular Hbond substituents is 1. The van der Waals surface area contributed by atoms with Gasteiger partial charge in [-0.1, -0.05) is 32.0 Å². The first-order chi connectivity index (χ1) is 13.6. The second-order valence-corrected chi connectivity index (χ2v) is 9.20. The lowest BCUT2D eigenvalue weighted by Gasteiger charge is -2.12. The van der Waals surface area contributed by atoms with E-state index < -0.39 is 9.84 Å². The first-order valence-corrected chi connectivity index (χ1v) is 11.0. The summed E-state index contributed by atoms with van der Waals surface area (Å²) in [4.78, 5) is 17.2. The Morgan fingerprint density at radius 3 is 2.52 bits per heavy atom. The lowest BCUT2D eigenvalue weighted by molar-refractivity contribution is 0.476. The highest BCUT2D eigenvalue weighted by Gasteiger charge is 2.15. The molecule has 0 atom stereocenters. The number of para-hydroxylation sites is 1. The quantitative estimate of drug-likeness (QED) is 0.625. The predicted octanol–water partition coefficient (Wildman–Crippen LogP) is 3.46. The number of hydrogen-bond donors (Lipinski definition) is 2. The summed E-state index contributed by atoms with van der Waals surface area (Å²) in [5.74, 6) is 0.0572. The summed E-state index contributed by atoms with van der Waals surface area (Å²) in [6.45, 7) is 5.86. The molecular weight excluding hydrogens is 390 g/mol. The molecule has 0 fully saturated rings. The lowest BCUT2D eigenvalue weighted by atomic mass is 10.0. The molecule has 0 aliphatic carbocycles. The molecule has 29 heavy (non-hydrogen) atoms.